The summed E-state index contributed by atoms with van der Waals surface area (Å²) in [4.78, 5) is 7.27. The number of rotatable bonds is 9. The van der Waals surface area contributed by atoms with E-state index < -0.39 is 0 Å². The van der Waals surface area contributed by atoms with Gasteiger partial charge in [-0.05, 0) is 50.4 Å². The summed E-state index contributed by atoms with van der Waals surface area (Å²) >= 11 is 0. The Balaban J connectivity index is 0.00000364. The van der Waals surface area contributed by atoms with E-state index in [0.29, 0.717) is 6.54 Å². The number of benzene rings is 1. The van der Waals surface area contributed by atoms with Crippen molar-refractivity contribution in [3.8, 4) is 0 Å². The smallest absolute Gasteiger partial charge is 0.191 e. The van der Waals surface area contributed by atoms with Gasteiger partial charge in [0.1, 0.15) is 0 Å². The van der Waals surface area contributed by atoms with Gasteiger partial charge in [-0.2, -0.15) is 0 Å². The summed E-state index contributed by atoms with van der Waals surface area (Å²) in [6.45, 7) is 8.85. The van der Waals surface area contributed by atoms with E-state index in [1.54, 1.807) is 7.11 Å². The number of nitrogens with zero attached hydrogens (tertiary/aromatic N) is 2. The van der Waals surface area contributed by atoms with Gasteiger partial charge in [-0.3, -0.25) is 4.90 Å². The van der Waals surface area contributed by atoms with Crippen molar-refractivity contribution in [1.82, 2.24) is 15.5 Å². The fraction of sp³-hybridized carbons (Fsp3) is 0.667. The van der Waals surface area contributed by atoms with E-state index in [2.05, 4.69) is 51.7 Å². The van der Waals surface area contributed by atoms with Gasteiger partial charge >= 0.3 is 0 Å². The molecule has 0 atom stereocenters. The van der Waals surface area contributed by atoms with Crippen molar-refractivity contribution in [3.05, 3.63) is 35.4 Å². The van der Waals surface area contributed by atoms with Gasteiger partial charge in [0, 0.05) is 33.4 Å². The van der Waals surface area contributed by atoms with Crippen LogP contribution in [0, 0.1) is 0 Å². The van der Waals surface area contributed by atoms with Gasteiger partial charge in [0.05, 0.1) is 6.54 Å². The zero-order valence-electron chi connectivity index (χ0n) is 17.0. The molecule has 0 spiro atoms. The number of ether oxygens (including phenoxy) is 1. The molecule has 2 rings (SSSR count). The van der Waals surface area contributed by atoms with Crippen LogP contribution >= 0.6 is 24.0 Å². The van der Waals surface area contributed by atoms with Gasteiger partial charge in [-0.25, -0.2) is 4.99 Å². The molecule has 1 fully saturated rings. The van der Waals surface area contributed by atoms with Gasteiger partial charge in [0.2, 0.25) is 0 Å². The van der Waals surface area contributed by atoms with Gasteiger partial charge < -0.3 is 15.4 Å². The minimum absolute atomic E-state index is 0. The van der Waals surface area contributed by atoms with Crippen LogP contribution in [0.1, 0.15) is 50.2 Å². The molecule has 0 bridgehead atoms. The highest BCUT2D eigenvalue weighted by molar-refractivity contribution is 14.0. The van der Waals surface area contributed by atoms with Gasteiger partial charge in [0.15, 0.2) is 5.96 Å². The molecule has 5 nitrogen and oxygen atoms in total. The van der Waals surface area contributed by atoms with Crippen LogP contribution in [0.15, 0.2) is 29.3 Å². The van der Waals surface area contributed by atoms with Crippen molar-refractivity contribution in [2.24, 2.45) is 4.99 Å². The van der Waals surface area contributed by atoms with Crippen LogP contribution < -0.4 is 10.6 Å². The lowest BCUT2D eigenvalue weighted by atomic mass is 10.1. The maximum atomic E-state index is 5.08. The monoisotopic (exact) mass is 488 g/mol. The van der Waals surface area contributed by atoms with Crippen molar-refractivity contribution >= 4 is 29.9 Å². The summed E-state index contributed by atoms with van der Waals surface area (Å²) in [5, 5.41) is 6.64. The fourth-order valence-electron chi connectivity index (χ4n) is 3.24. The first kappa shape index (κ1) is 24.2. The topological polar surface area (TPSA) is 48.9 Å². The van der Waals surface area contributed by atoms with Crippen molar-refractivity contribution < 1.29 is 4.74 Å². The third-order valence-corrected chi connectivity index (χ3v) is 4.71. The standard InChI is InChI=1S/C21H36N4O.HI/c1-3-22-21(23-13-8-16-26-2)24-17-19-9-11-20(12-10-19)18-25-14-6-4-5-7-15-25;/h9-12H,3-8,13-18H2,1-2H3,(H2,22,23,24);1H. The highest BCUT2D eigenvalue weighted by Crippen LogP contribution is 2.14. The van der Waals surface area contributed by atoms with E-state index in [1.807, 2.05) is 0 Å². The van der Waals surface area contributed by atoms with Crippen molar-refractivity contribution in [1.29, 1.82) is 0 Å². The second-order valence-corrected chi connectivity index (χ2v) is 6.98. The van der Waals surface area contributed by atoms with Crippen molar-refractivity contribution in [2.45, 2.75) is 52.1 Å². The molecular formula is C21H37IN4O. The molecule has 1 aromatic carbocycles. The van der Waals surface area contributed by atoms with Crippen LogP contribution in [0.5, 0.6) is 0 Å². The van der Waals surface area contributed by atoms with E-state index in [0.717, 1.165) is 38.6 Å². The molecule has 1 aliphatic heterocycles. The van der Waals surface area contributed by atoms with Crippen LogP contribution in [0.3, 0.4) is 0 Å². The summed E-state index contributed by atoms with van der Waals surface area (Å²) < 4.78 is 5.08. The SMILES string of the molecule is CCNC(=NCc1ccc(CN2CCCCCC2)cc1)NCCCOC.I. The highest BCUT2D eigenvalue weighted by Gasteiger charge is 2.09. The minimum atomic E-state index is 0. The number of hydrogen-bond acceptors (Lipinski definition) is 3. The van der Waals surface area contributed by atoms with Crippen LogP contribution in [-0.4, -0.2) is 50.8 Å². The zero-order valence-corrected chi connectivity index (χ0v) is 19.3. The number of likely N-dealkylation sites (tertiary alicyclic amines) is 1. The molecule has 27 heavy (non-hydrogen) atoms. The number of aliphatic imine (C=N–C) groups is 1. The number of nitrogens with one attached hydrogen (secondary N) is 2. The predicted octanol–water partition coefficient (Wildman–Crippen LogP) is 3.77. The lowest BCUT2D eigenvalue weighted by Gasteiger charge is -2.19. The Morgan fingerprint density at radius 3 is 2.33 bits per heavy atom. The second-order valence-electron chi connectivity index (χ2n) is 6.98. The molecule has 1 aliphatic rings. The van der Waals surface area contributed by atoms with Crippen molar-refractivity contribution in [3.63, 3.8) is 0 Å². The Labute approximate surface area is 182 Å². The maximum Gasteiger partial charge on any atom is 0.191 e. The van der Waals surface area contributed by atoms with Crippen LogP contribution in [0.4, 0.5) is 0 Å². The van der Waals surface area contributed by atoms with Crippen LogP contribution in [-0.2, 0) is 17.8 Å². The van der Waals surface area contributed by atoms with E-state index in [9.17, 15) is 0 Å². The molecule has 1 aromatic rings. The predicted molar refractivity (Wildman–Crippen MR) is 125 cm³/mol. The minimum Gasteiger partial charge on any atom is -0.385 e. The molecule has 6 heteroatoms. The lowest BCUT2D eigenvalue weighted by molar-refractivity contribution is 0.195. The molecule has 1 saturated heterocycles. The average molecular weight is 488 g/mol. The number of hydrogen-bond donors (Lipinski definition) is 2. The molecule has 0 saturated carbocycles. The van der Waals surface area contributed by atoms with E-state index in [4.69, 9.17) is 4.74 Å². The van der Waals surface area contributed by atoms with Gasteiger partial charge in [0.25, 0.3) is 0 Å². The largest absolute Gasteiger partial charge is 0.385 e. The highest BCUT2D eigenvalue weighted by atomic mass is 127. The molecular weight excluding hydrogens is 451 g/mol. The van der Waals surface area contributed by atoms with Crippen LogP contribution in [0.2, 0.25) is 0 Å². The molecule has 1 heterocycles. The average Bonchev–Trinajstić information content (AvgIpc) is 2.93. The first-order chi connectivity index (χ1) is 12.8. The fourth-order valence-corrected chi connectivity index (χ4v) is 3.24. The summed E-state index contributed by atoms with van der Waals surface area (Å²) in [6.07, 6.45) is 6.45. The Morgan fingerprint density at radius 2 is 1.70 bits per heavy atom. The number of methoxy groups -OCH3 is 1. The molecule has 2 N–H and O–H groups in total. The van der Waals surface area contributed by atoms with E-state index >= 15 is 0 Å². The molecule has 0 aromatic heterocycles. The molecule has 0 radical (unpaired) electrons. The summed E-state index contributed by atoms with van der Waals surface area (Å²) in [7, 11) is 1.73. The van der Waals surface area contributed by atoms with Gasteiger partial charge in [-0.15, -0.1) is 24.0 Å². The van der Waals surface area contributed by atoms with Gasteiger partial charge in [-0.1, -0.05) is 37.1 Å². The molecule has 0 aliphatic carbocycles. The number of guanidine groups is 1. The first-order valence-electron chi connectivity index (χ1n) is 10.1. The van der Waals surface area contributed by atoms with E-state index in [1.165, 1.54) is 49.9 Å². The third kappa shape index (κ3) is 10.3. The maximum absolute atomic E-state index is 5.08. The first-order valence-corrected chi connectivity index (χ1v) is 10.1. The lowest BCUT2D eigenvalue weighted by Crippen LogP contribution is -2.38. The summed E-state index contributed by atoms with van der Waals surface area (Å²) in [6, 6.07) is 8.94. The summed E-state index contributed by atoms with van der Waals surface area (Å²) in [5.74, 6) is 0.872. The summed E-state index contributed by atoms with van der Waals surface area (Å²) in [5.41, 5.74) is 2.66. The molecule has 154 valence electrons. The normalized spacial score (nSPS) is 15.7. The quantitative estimate of drug-likeness (QED) is 0.241. The van der Waals surface area contributed by atoms with Crippen molar-refractivity contribution in [2.75, 3.05) is 39.9 Å². The third-order valence-electron chi connectivity index (χ3n) is 4.71. The van der Waals surface area contributed by atoms with E-state index in [-0.39, 0.29) is 24.0 Å². The Hall–Kier alpha value is -0.860. The van der Waals surface area contributed by atoms with Crippen LogP contribution in [0.25, 0.3) is 0 Å². The Bertz CT molecular complexity index is 513. The Morgan fingerprint density at radius 1 is 1.04 bits per heavy atom. The second kappa shape index (κ2) is 15.1. The molecule has 0 amide bonds. The Kier molecular flexibility index (Phi) is 13.5. The number of halogens is 1. The zero-order chi connectivity index (χ0) is 18.5. The molecule has 0 unspecified atom stereocenters.